The Morgan fingerprint density at radius 1 is 1.10 bits per heavy atom. The van der Waals surface area contributed by atoms with Crippen molar-refractivity contribution in [3.8, 4) is 0 Å². The van der Waals surface area contributed by atoms with E-state index in [-0.39, 0.29) is 16.9 Å². The standard InChI is InChI=1S/C15H28N2O3/c1-13(2)7-10(8-14(3,4)9-13)16-12(20)17-15(5,6)11(18)19/h10H,7-9H2,1-6H3,(H,18,19)(H2,16,17,20). The first kappa shape index (κ1) is 16.8. The van der Waals surface area contributed by atoms with Crippen molar-refractivity contribution < 1.29 is 14.7 Å². The van der Waals surface area contributed by atoms with Gasteiger partial charge in [-0.25, -0.2) is 9.59 Å². The van der Waals surface area contributed by atoms with Gasteiger partial charge in [0.25, 0.3) is 0 Å². The Hall–Kier alpha value is -1.26. The maximum absolute atomic E-state index is 12.0. The van der Waals surface area contributed by atoms with Crippen LogP contribution < -0.4 is 10.6 Å². The Morgan fingerprint density at radius 2 is 1.55 bits per heavy atom. The molecular weight excluding hydrogens is 256 g/mol. The second kappa shape index (κ2) is 5.26. The Morgan fingerprint density at radius 3 is 1.95 bits per heavy atom. The van der Waals surface area contributed by atoms with E-state index in [9.17, 15) is 9.59 Å². The number of hydrogen-bond acceptors (Lipinski definition) is 2. The SMILES string of the molecule is CC1(C)CC(NC(=O)NC(C)(C)C(=O)O)CC(C)(C)C1. The molecule has 0 saturated heterocycles. The Balaban J connectivity index is 2.64. The van der Waals surface area contributed by atoms with E-state index >= 15 is 0 Å². The van der Waals surface area contributed by atoms with Gasteiger partial charge in [-0.1, -0.05) is 27.7 Å². The molecule has 0 radical (unpaired) electrons. The molecule has 5 nitrogen and oxygen atoms in total. The second-order valence-electron chi connectivity index (χ2n) is 8.14. The van der Waals surface area contributed by atoms with Gasteiger partial charge in [-0.3, -0.25) is 0 Å². The number of carbonyl (C=O) groups excluding carboxylic acids is 1. The maximum atomic E-state index is 12.0. The summed E-state index contributed by atoms with van der Waals surface area (Å²) >= 11 is 0. The zero-order chi connectivity index (χ0) is 15.8. The monoisotopic (exact) mass is 284 g/mol. The lowest BCUT2D eigenvalue weighted by Gasteiger charge is -2.45. The van der Waals surface area contributed by atoms with Crippen LogP contribution in [0.3, 0.4) is 0 Å². The predicted octanol–water partition coefficient (Wildman–Crippen LogP) is 2.75. The largest absolute Gasteiger partial charge is 0.480 e. The molecule has 5 heteroatoms. The van der Waals surface area contributed by atoms with Crippen LogP contribution in [-0.4, -0.2) is 28.7 Å². The number of aliphatic carboxylic acids is 1. The van der Waals surface area contributed by atoms with Crippen molar-refractivity contribution in [1.29, 1.82) is 0 Å². The van der Waals surface area contributed by atoms with Gasteiger partial charge in [0, 0.05) is 6.04 Å². The highest BCUT2D eigenvalue weighted by Crippen LogP contribution is 2.45. The predicted molar refractivity (Wildman–Crippen MR) is 78.6 cm³/mol. The number of urea groups is 1. The molecule has 0 aromatic rings. The first-order chi connectivity index (χ1) is 8.83. The molecule has 0 bridgehead atoms. The second-order valence-corrected chi connectivity index (χ2v) is 8.14. The van der Waals surface area contributed by atoms with Gasteiger partial charge in [-0.05, 0) is 43.9 Å². The summed E-state index contributed by atoms with van der Waals surface area (Å²) in [5.41, 5.74) is -0.895. The van der Waals surface area contributed by atoms with Crippen molar-refractivity contribution in [3.63, 3.8) is 0 Å². The van der Waals surface area contributed by atoms with Gasteiger partial charge in [-0.15, -0.1) is 0 Å². The highest BCUT2D eigenvalue weighted by atomic mass is 16.4. The molecule has 1 aliphatic rings. The fourth-order valence-electron chi connectivity index (χ4n) is 3.51. The normalized spacial score (nSPS) is 22.1. The Labute approximate surface area is 121 Å². The van der Waals surface area contributed by atoms with Gasteiger partial charge in [0.2, 0.25) is 0 Å². The van der Waals surface area contributed by atoms with Crippen molar-refractivity contribution in [2.75, 3.05) is 0 Å². The molecule has 2 amide bonds. The lowest BCUT2D eigenvalue weighted by molar-refractivity contribution is -0.142. The van der Waals surface area contributed by atoms with E-state index in [0.717, 1.165) is 19.3 Å². The molecule has 20 heavy (non-hydrogen) atoms. The topological polar surface area (TPSA) is 78.4 Å². The lowest BCUT2D eigenvalue weighted by atomic mass is 9.63. The molecule has 116 valence electrons. The molecule has 3 N–H and O–H groups in total. The van der Waals surface area contributed by atoms with E-state index in [1.54, 1.807) is 0 Å². The van der Waals surface area contributed by atoms with Crippen molar-refractivity contribution in [1.82, 2.24) is 10.6 Å². The van der Waals surface area contributed by atoms with Crippen LogP contribution in [-0.2, 0) is 4.79 Å². The Kier molecular flexibility index (Phi) is 4.42. The minimum atomic E-state index is -1.26. The maximum Gasteiger partial charge on any atom is 0.328 e. The first-order valence-corrected chi connectivity index (χ1v) is 7.15. The summed E-state index contributed by atoms with van der Waals surface area (Å²) < 4.78 is 0. The highest BCUT2D eigenvalue weighted by molar-refractivity contribution is 5.85. The minimum Gasteiger partial charge on any atom is -0.480 e. The van der Waals surface area contributed by atoms with E-state index < -0.39 is 17.5 Å². The summed E-state index contributed by atoms with van der Waals surface area (Å²) in [5, 5.41) is 14.5. The van der Waals surface area contributed by atoms with Crippen LogP contribution in [0.4, 0.5) is 4.79 Å². The first-order valence-electron chi connectivity index (χ1n) is 7.15. The summed E-state index contributed by atoms with van der Waals surface area (Å²) in [6.45, 7) is 11.8. The molecule has 0 atom stereocenters. The molecular formula is C15H28N2O3. The van der Waals surface area contributed by atoms with Gasteiger partial charge >= 0.3 is 12.0 Å². The number of carboxylic acids is 1. The number of carboxylic acid groups (broad SMARTS) is 1. The zero-order valence-electron chi connectivity index (χ0n) is 13.5. The van der Waals surface area contributed by atoms with Crippen molar-refractivity contribution in [3.05, 3.63) is 0 Å². The quantitative estimate of drug-likeness (QED) is 0.745. The average molecular weight is 284 g/mol. The molecule has 0 aliphatic heterocycles. The van der Waals surface area contributed by atoms with E-state index in [0.29, 0.717) is 0 Å². The van der Waals surface area contributed by atoms with Crippen molar-refractivity contribution in [2.24, 2.45) is 10.8 Å². The van der Waals surface area contributed by atoms with Crippen molar-refractivity contribution in [2.45, 2.75) is 72.4 Å². The van der Waals surface area contributed by atoms with Crippen LogP contribution >= 0.6 is 0 Å². The van der Waals surface area contributed by atoms with Crippen LogP contribution in [0, 0.1) is 10.8 Å². The van der Waals surface area contributed by atoms with Crippen LogP contribution in [0.15, 0.2) is 0 Å². The molecule has 0 spiro atoms. The Bertz CT molecular complexity index is 384. The van der Waals surface area contributed by atoms with Gasteiger partial charge < -0.3 is 15.7 Å². The lowest BCUT2D eigenvalue weighted by Crippen LogP contribution is -2.56. The summed E-state index contributed by atoms with van der Waals surface area (Å²) in [7, 11) is 0. The van der Waals surface area contributed by atoms with E-state index in [1.807, 2.05) is 0 Å². The van der Waals surface area contributed by atoms with E-state index in [4.69, 9.17) is 5.11 Å². The van der Waals surface area contributed by atoms with Crippen LogP contribution in [0.1, 0.15) is 60.8 Å². The van der Waals surface area contributed by atoms with Gasteiger partial charge in [-0.2, -0.15) is 0 Å². The average Bonchev–Trinajstić information content (AvgIpc) is 2.09. The number of rotatable bonds is 3. The number of amides is 2. The molecule has 1 aliphatic carbocycles. The van der Waals surface area contributed by atoms with Gasteiger partial charge in [0.1, 0.15) is 5.54 Å². The fourth-order valence-corrected chi connectivity index (χ4v) is 3.51. The highest BCUT2D eigenvalue weighted by Gasteiger charge is 2.39. The summed E-state index contributed by atoms with van der Waals surface area (Å²) in [6, 6.07) is -0.325. The third-order valence-electron chi connectivity index (χ3n) is 3.85. The third kappa shape index (κ3) is 4.69. The third-order valence-corrected chi connectivity index (χ3v) is 3.85. The minimum absolute atomic E-state index is 0.0818. The van der Waals surface area contributed by atoms with E-state index in [2.05, 4.69) is 38.3 Å². The van der Waals surface area contributed by atoms with Gasteiger partial charge in [0.05, 0.1) is 0 Å². The molecule has 1 fully saturated rings. The smallest absolute Gasteiger partial charge is 0.328 e. The van der Waals surface area contributed by atoms with Crippen LogP contribution in [0.5, 0.6) is 0 Å². The molecule has 0 aromatic heterocycles. The molecule has 1 saturated carbocycles. The van der Waals surface area contributed by atoms with Crippen LogP contribution in [0.25, 0.3) is 0 Å². The molecule has 1 rings (SSSR count). The van der Waals surface area contributed by atoms with E-state index in [1.165, 1.54) is 13.8 Å². The molecule has 0 unspecified atom stereocenters. The summed E-state index contributed by atoms with van der Waals surface area (Å²) in [5.74, 6) is -1.04. The zero-order valence-corrected chi connectivity index (χ0v) is 13.5. The fraction of sp³-hybridized carbons (Fsp3) is 0.867. The van der Waals surface area contributed by atoms with Gasteiger partial charge in [0.15, 0.2) is 0 Å². The summed E-state index contributed by atoms with van der Waals surface area (Å²) in [4.78, 5) is 23.0. The number of nitrogens with one attached hydrogen (secondary N) is 2. The number of carbonyl (C=O) groups is 2. The summed E-state index contributed by atoms with van der Waals surface area (Å²) in [6.07, 6.45) is 2.95. The van der Waals surface area contributed by atoms with Crippen LogP contribution in [0.2, 0.25) is 0 Å². The van der Waals surface area contributed by atoms with Crippen molar-refractivity contribution >= 4 is 12.0 Å². The molecule has 0 aromatic carbocycles. The number of hydrogen-bond donors (Lipinski definition) is 3. The molecule has 0 heterocycles.